The first-order valence-corrected chi connectivity index (χ1v) is 7.62. The molecular weight excluding hydrogens is 306 g/mol. The summed E-state index contributed by atoms with van der Waals surface area (Å²) in [6.45, 7) is 3.62. The van der Waals surface area contributed by atoms with Crippen molar-refractivity contribution in [3.63, 3.8) is 0 Å². The van der Waals surface area contributed by atoms with Crippen molar-refractivity contribution in [2.24, 2.45) is 0 Å². The predicted molar refractivity (Wildman–Crippen MR) is 88.9 cm³/mol. The van der Waals surface area contributed by atoms with Crippen LogP contribution in [-0.2, 0) is 5.60 Å². The van der Waals surface area contributed by atoms with Crippen LogP contribution in [0.5, 0.6) is 0 Å². The van der Waals surface area contributed by atoms with Crippen LogP contribution in [0, 0.1) is 6.92 Å². The molecule has 0 saturated heterocycles. The second-order valence-electron chi connectivity index (χ2n) is 5.94. The van der Waals surface area contributed by atoms with Gasteiger partial charge in [-0.05, 0) is 55.8 Å². The number of furan rings is 1. The van der Waals surface area contributed by atoms with Gasteiger partial charge in [-0.2, -0.15) is 5.10 Å². The second-order valence-corrected chi connectivity index (χ2v) is 5.94. The monoisotopic (exact) mass is 325 g/mol. The van der Waals surface area contributed by atoms with Gasteiger partial charge >= 0.3 is 0 Å². The molecule has 0 spiro atoms. The van der Waals surface area contributed by atoms with Gasteiger partial charge in [0.1, 0.15) is 11.4 Å². The number of amides is 1. The van der Waals surface area contributed by atoms with Crippen LogP contribution in [0.2, 0.25) is 0 Å². The van der Waals surface area contributed by atoms with Crippen LogP contribution in [-0.4, -0.2) is 27.3 Å². The maximum absolute atomic E-state index is 12.2. The number of hydrogen-bond acceptors (Lipinski definition) is 4. The van der Waals surface area contributed by atoms with E-state index in [1.165, 1.54) is 6.26 Å². The Morgan fingerprint density at radius 2 is 2.08 bits per heavy atom. The van der Waals surface area contributed by atoms with E-state index < -0.39 is 5.60 Å². The lowest BCUT2D eigenvalue weighted by Gasteiger charge is -2.21. The summed E-state index contributed by atoms with van der Waals surface area (Å²) in [5.41, 5.74) is 1.20. The van der Waals surface area contributed by atoms with E-state index in [0.717, 1.165) is 11.3 Å². The van der Waals surface area contributed by atoms with E-state index in [1.54, 1.807) is 42.1 Å². The van der Waals surface area contributed by atoms with Gasteiger partial charge in [0.15, 0.2) is 0 Å². The van der Waals surface area contributed by atoms with Crippen LogP contribution in [0.4, 0.5) is 0 Å². The molecule has 0 saturated carbocycles. The highest BCUT2D eigenvalue weighted by atomic mass is 16.4. The number of nitrogens with zero attached hydrogens (tertiary/aromatic N) is 2. The van der Waals surface area contributed by atoms with E-state index in [0.29, 0.717) is 11.3 Å². The highest BCUT2D eigenvalue weighted by Crippen LogP contribution is 2.20. The maximum atomic E-state index is 12.2. The third-order valence-electron chi connectivity index (χ3n) is 3.75. The molecule has 1 atom stereocenters. The molecule has 0 bridgehead atoms. The van der Waals surface area contributed by atoms with Gasteiger partial charge in [0.2, 0.25) is 0 Å². The van der Waals surface area contributed by atoms with E-state index in [9.17, 15) is 9.90 Å². The zero-order valence-electron chi connectivity index (χ0n) is 13.6. The van der Waals surface area contributed by atoms with Gasteiger partial charge in [0, 0.05) is 11.8 Å². The minimum absolute atomic E-state index is 0.0550. The van der Waals surface area contributed by atoms with Crippen molar-refractivity contribution in [1.82, 2.24) is 15.1 Å². The van der Waals surface area contributed by atoms with Crippen molar-refractivity contribution in [2.45, 2.75) is 19.4 Å². The molecule has 6 heteroatoms. The van der Waals surface area contributed by atoms with Crippen molar-refractivity contribution in [1.29, 1.82) is 0 Å². The summed E-state index contributed by atoms with van der Waals surface area (Å²) in [6, 6.07) is 10.5. The average Bonchev–Trinajstić information content (AvgIpc) is 3.25. The first kappa shape index (κ1) is 16.0. The number of rotatable bonds is 5. The first-order valence-electron chi connectivity index (χ1n) is 7.62. The fourth-order valence-electron chi connectivity index (χ4n) is 2.35. The molecule has 3 rings (SSSR count). The third kappa shape index (κ3) is 3.38. The Kier molecular flexibility index (Phi) is 4.22. The number of nitrogens with one attached hydrogen (secondary N) is 1. The minimum atomic E-state index is -1.26. The first-order chi connectivity index (χ1) is 11.5. The van der Waals surface area contributed by atoms with Crippen LogP contribution >= 0.6 is 0 Å². The molecule has 2 heterocycles. The molecule has 24 heavy (non-hydrogen) atoms. The predicted octanol–water partition coefficient (Wildman–Crippen LogP) is 2.41. The van der Waals surface area contributed by atoms with E-state index in [2.05, 4.69) is 10.4 Å². The summed E-state index contributed by atoms with van der Waals surface area (Å²) in [7, 11) is 0. The molecule has 0 radical (unpaired) electrons. The van der Waals surface area contributed by atoms with Crippen LogP contribution < -0.4 is 5.32 Å². The zero-order chi connectivity index (χ0) is 17.2. The van der Waals surface area contributed by atoms with E-state index in [4.69, 9.17) is 4.42 Å². The molecule has 124 valence electrons. The normalized spacial score (nSPS) is 13.5. The van der Waals surface area contributed by atoms with Crippen LogP contribution in [0.3, 0.4) is 0 Å². The molecule has 1 amide bonds. The van der Waals surface area contributed by atoms with Gasteiger partial charge in [-0.1, -0.05) is 0 Å². The second kappa shape index (κ2) is 6.33. The molecule has 6 nitrogen and oxygen atoms in total. The summed E-state index contributed by atoms with van der Waals surface area (Å²) < 4.78 is 6.94. The number of carbonyl (C=O) groups excluding carboxylic acids is 1. The smallest absolute Gasteiger partial charge is 0.251 e. The Morgan fingerprint density at radius 3 is 2.67 bits per heavy atom. The van der Waals surface area contributed by atoms with Gasteiger partial charge in [-0.15, -0.1) is 0 Å². The topological polar surface area (TPSA) is 80.3 Å². The summed E-state index contributed by atoms with van der Waals surface area (Å²) in [6.07, 6.45) is 5.17. The number of aromatic nitrogens is 2. The standard InChI is InChI=1S/C18H19N3O3/c1-13-10-20-21(11-13)15-7-5-14(6-8-15)17(22)19-12-18(2,23)16-4-3-9-24-16/h3-11,23H,12H2,1-2H3,(H,19,22). The Balaban J connectivity index is 1.65. The van der Waals surface area contributed by atoms with Crippen molar-refractivity contribution >= 4 is 5.91 Å². The number of carbonyl (C=O) groups is 1. The van der Waals surface area contributed by atoms with Crippen molar-refractivity contribution < 1.29 is 14.3 Å². The number of benzene rings is 1. The molecule has 2 aromatic heterocycles. The molecule has 2 N–H and O–H groups in total. The quantitative estimate of drug-likeness (QED) is 0.755. The Hall–Kier alpha value is -2.86. The molecule has 0 aliphatic rings. The van der Waals surface area contributed by atoms with Crippen molar-refractivity contribution in [2.75, 3.05) is 6.54 Å². The molecular formula is C18H19N3O3. The highest BCUT2D eigenvalue weighted by Gasteiger charge is 2.26. The van der Waals surface area contributed by atoms with Gasteiger partial charge in [0.05, 0.1) is 24.7 Å². The lowest BCUT2D eigenvalue weighted by Crippen LogP contribution is -2.38. The third-order valence-corrected chi connectivity index (χ3v) is 3.75. The number of aliphatic hydroxyl groups is 1. The van der Waals surface area contributed by atoms with Crippen molar-refractivity contribution in [3.05, 3.63) is 71.9 Å². The molecule has 0 aliphatic heterocycles. The summed E-state index contributed by atoms with van der Waals surface area (Å²) >= 11 is 0. The summed E-state index contributed by atoms with van der Waals surface area (Å²) in [5, 5.41) is 17.3. The van der Waals surface area contributed by atoms with E-state index >= 15 is 0 Å². The van der Waals surface area contributed by atoms with E-state index in [-0.39, 0.29) is 12.5 Å². The van der Waals surface area contributed by atoms with E-state index in [1.807, 2.05) is 25.3 Å². The molecule has 0 fully saturated rings. The van der Waals surface area contributed by atoms with Crippen LogP contribution in [0.1, 0.15) is 28.6 Å². The zero-order valence-corrected chi connectivity index (χ0v) is 13.6. The fraction of sp³-hybridized carbons (Fsp3) is 0.222. The van der Waals surface area contributed by atoms with Crippen molar-refractivity contribution in [3.8, 4) is 5.69 Å². The molecule has 3 aromatic rings. The van der Waals surface area contributed by atoms with Crippen LogP contribution in [0.15, 0.2) is 59.5 Å². The Bertz CT molecular complexity index is 818. The molecule has 0 aliphatic carbocycles. The molecule has 1 aromatic carbocycles. The van der Waals surface area contributed by atoms with Gasteiger partial charge in [-0.3, -0.25) is 4.79 Å². The number of aryl methyl sites for hydroxylation is 1. The van der Waals surface area contributed by atoms with Gasteiger partial charge in [-0.25, -0.2) is 4.68 Å². The Morgan fingerprint density at radius 1 is 1.33 bits per heavy atom. The molecule has 1 unspecified atom stereocenters. The summed E-state index contributed by atoms with van der Waals surface area (Å²) in [4.78, 5) is 12.2. The lowest BCUT2D eigenvalue weighted by molar-refractivity contribution is 0.0330. The minimum Gasteiger partial charge on any atom is -0.466 e. The Labute approximate surface area is 139 Å². The van der Waals surface area contributed by atoms with Gasteiger partial charge < -0.3 is 14.8 Å². The number of hydrogen-bond donors (Lipinski definition) is 2. The largest absolute Gasteiger partial charge is 0.466 e. The lowest BCUT2D eigenvalue weighted by atomic mass is 10.0. The maximum Gasteiger partial charge on any atom is 0.251 e. The fourth-order valence-corrected chi connectivity index (χ4v) is 2.35. The summed E-state index contributed by atoms with van der Waals surface area (Å²) in [5.74, 6) is 0.150. The highest BCUT2D eigenvalue weighted by molar-refractivity contribution is 5.94. The average molecular weight is 325 g/mol. The SMILES string of the molecule is Cc1cnn(-c2ccc(C(=O)NCC(C)(O)c3ccco3)cc2)c1. The van der Waals surface area contributed by atoms with Gasteiger partial charge in [0.25, 0.3) is 5.91 Å². The van der Waals surface area contributed by atoms with Crippen LogP contribution in [0.25, 0.3) is 5.69 Å².